The van der Waals surface area contributed by atoms with Gasteiger partial charge in [-0.05, 0) is 37.6 Å². The van der Waals surface area contributed by atoms with E-state index in [2.05, 4.69) is 17.2 Å². The second-order valence-electron chi connectivity index (χ2n) is 5.29. The van der Waals surface area contributed by atoms with Gasteiger partial charge in [0.2, 0.25) is 0 Å². The molecule has 0 bridgehead atoms. The number of benzene rings is 1. The van der Waals surface area contributed by atoms with Crippen molar-refractivity contribution in [2.24, 2.45) is 0 Å². The molecular formula is C18H22N2O4S. The topological polar surface area (TPSA) is 77.5 Å². The van der Waals surface area contributed by atoms with Crippen LogP contribution in [0, 0.1) is 0 Å². The van der Waals surface area contributed by atoms with Gasteiger partial charge in [0.05, 0.1) is 13.2 Å². The molecule has 1 aromatic carbocycles. The van der Waals surface area contributed by atoms with Gasteiger partial charge in [-0.1, -0.05) is 19.8 Å². The van der Waals surface area contributed by atoms with Crippen LogP contribution in [0.15, 0.2) is 29.6 Å². The van der Waals surface area contributed by atoms with E-state index < -0.39 is 5.97 Å². The molecule has 1 amide bonds. The van der Waals surface area contributed by atoms with Gasteiger partial charge < -0.3 is 9.47 Å². The molecule has 0 spiro atoms. The molecule has 0 fully saturated rings. The van der Waals surface area contributed by atoms with Crippen LogP contribution in [0.25, 0.3) is 0 Å². The number of carbonyl (C=O) groups excluding carboxylic acids is 2. The quantitative estimate of drug-likeness (QED) is 0.536. The van der Waals surface area contributed by atoms with E-state index in [9.17, 15) is 9.59 Å². The van der Waals surface area contributed by atoms with Gasteiger partial charge in [0, 0.05) is 10.9 Å². The number of nitrogens with one attached hydrogen (secondary N) is 1. The van der Waals surface area contributed by atoms with Crippen LogP contribution >= 0.6 is 11.3 Å². The summed E-state index contributed by atoms with van der Waals surface area (Å²) in [6.45, 7) is 4.83. The van der Waals surface area contributed by atoms with E-state index in [1.165, 1.54) is 11.3 Å². The number of amides is 1. The predicted molar refractivity (Wildman–Crippen MR) is 97.5 cm³/mol. The number of esters is 1. The molecular weight excluding hydrogens is 340 g/mol. The zero-order valence-electron chi connectivity index (χ0n) is 14.4. The maximum absolute atomic E-state index is 12.2. The van der Waals surface area contributed by atoms with E-state index >= 15 is 0 Å². The molecule has 0 radical (unpaired) electrons. The summed E-state index contributed by atoms with van der Waals surface area (Å²) in [4.78, 5) is 27.9. The van der Waals surface area contributed by atoms with Gasteiger partial charge in [-0.25, -0.2) is 9.78 Å². The van der Waals surface area contributed by atoms with E-state index in [1.807, 2.05) is 0 Å². The summed E-state index contributed by atoms with van der Waals surface area (Å²) in [5.41, 5.74) is 0.687. The summed E-state index contributed by atoms with van der Waals surface area (Å²) in [7, 11) is 0. The number of anilines is 1. The lowest BCUT2D eigenvalue weighted by Crippen LogP contribution is -2.12. The molecule has 0 aliphatic heterocycles. The molecule has 25 heavy (non-hydrogen) atoms. The lowest BCUT2D eigenvalue weighted by molar-refractivity contribution is 0.0520. The molecule has 134 valence electrons. The van der Waals surface area contributed by atoms with E-state index in [-0.39, 0.29) is 18.2 Å². The maximum Gasteiger partial charge on any atom is 0.357 e. The van der Waals surface area contributed by atoms with Crippen LogP contribution in [-0.2, 0) is 4.74 Å². The van der Waals surface area contributed by atoms with Gasteiger partial charge in [0.1, 0.15) is 5.75 Å². The van der Waals surface area contributed by atoms with Crippen molar-refractivity contribution in [3.8, 4) is 5.75 Å². The standard InChI is InChI=1S/C18H22N2O4S/c1-3-5-6-11-24-14-9-7-13(8-10-14)16(21)20-18-19-15(12-25-18)17(22)23-4-2/h7-10,12H,3-6,11H2,1-2H3,(H,19,20,21). The summed E-state index contributed by atoms with van der Waals surface area (Å²) in [6, 6.07) is 6.94. The smallest absolute Gasteiger partial charge is 0.357 e. The molecule has 0 aliphatic rings. The van der Waals surface area contributed by atoms with E-state index in [0.717, 1.165) is 25.0 Å². The lowest BCUT2D eigenvalue weighted by atomic mass is 10.2. The van der Waals surface area contributed by atoms with Crippen LogP contribution in [0.2, 0.25) is 0 Å². The number of hydrogen-bond donors (Lipinski definition) is 1. The van der Waals surface area contributed by atoms with E-state index in [4.69, 9.17) is 9.47 Å². The number of hydrogen-bond acceptors (Lipinski definition) is 6. The third kappa shape index (κ3) is 5.86. The highest BCUT2D eigenvalue weighted by atomic mass is 32.1. The van der Waals surface area contributed by atoms with E-state index in [1.54, 1.807) is 36.6 Å². The summed E-state index contributed by atoms with van der Waals surface area (Å²) >= 11 is 1.18. The van der Waals surface area contributed by atoms with Crippen LogP contribution in [0.1, 0.15) is 54.0 Å². The molecule has 0 aliphatic carbocycles. The van der Waals surface area contributed by atoms with Crippen LogP contribution in [0.5, 0.6) is 5.75 Å². The van der Waals surface area contributed by atoms with Crippen LogP contribution in [0.4, 0.5) is 5.13 Å². The minimum atomic E-state index is -0.496. The molecule has 0 atom stereocenters. The second-order valence-corrected chi connectivity index (χ2v) is 6.15. The third-order valence-electron chi connectivity index (χ3n) is 3.34. The van der Waals surface area contributed by atoms with Gasteiger partial charge in [-0.2, -0.15) is 0 Å². The van der Waals surface area contributed by atoms with Gasteiger partial charge in [-0.3, -0.25) is 10.1 Å². The Labute approximate surface area is 151 Å². The van der Waals surface area contributed by atoms with Crippen molar-refractivity contribution >= 4 is 28.3 Å². The van der Waals surface area contributed by atoms with E-state index in [0.29, 0.717) is 17.3 Å². The molecule has 1 heterocycles. The molecule has 1 N–H and O–H groups in total. The summed E-state index contributed by atoms with van der Waals surface area (Å²) < 4.78 is 10.5. The van der Waals surface area contributed by atoms with Crippen molar-refractivity contribution in [2.75, 3.05) is 18.5 Å². The Morgan fingerprint density at radius 3 is 2.60 bits per heavy atom. The fourth-order valence-electron chi connectivity index (χ4n) is 2.04. The predicted octanol–water partition coefficient (Wildman–Crippen LogP) is 4.14. The molecule has 0 saturated carbocycles. The normalized spacial score (nSPS) is 10.3. The first kappa shape index (κ1) is 18.9. The lowest BCUT2D eigenvalue weighted by Gasteiger charge is -2.06. The van der Waals surface area contributed by atoms with Crippen molar-refractivity contribution in [3.63, 3.8) is 0 Å². The Balaban J connectivity index is 1.89. The Morgan fingerprint density at radius 2 is 1.92 bits per heavy atom. The number of aromatic nitrogens is 1. The highest BCUT2D eigenvalue weighted by molar-refractivity contribution is 7.14. The number of thiazole rings is 1. The fourth-order valence-corrected chi connectivity index (χ4v) is 2.72. The molecule has 7 heteroatoms. The number of unbranched alkanes of at least 4 members (excludes halogenated alkanes) is 2. The molecule has 6 nitrogen and oxygen atoms in total. The minimum Gasteiger partial charge on any atom is -0.494 e. The largest absolute Gasteiger partial charge is 0.494 e. The molecule has 2 rings (SSSR count). The second kappa shape index (κ2) is 9.78. The van der Waals surface area contributed by atoms with Crippen LogP contribution in [0.3, 0.4) is 0 Å². The SMILES string of the molecule is CCCCCOc1ccc(C(=O)Nc2nc(C(=O)OCC)cs2)cc1. The number of rotatable bonds is 9. The number of carbonyl (C=O) groups is 2. The van der Waals surface area contributed by atoms with Crippen molar-refractivity contribution in [1.29, 1.82) is 0 Å². The van der Waals surface area contributed by atoms with Gasteiger partial charge >= 0.3 is 5.97 Å². The highest BCUT2D eigenvalue weighted by Gasteiger charge is 2.14. The average Bonchev–Trinajstić information content (AvgIpc) is 3.08. The molecule has 0 saturated heterocycles. The fraction of sp³-hybridized carbons (Fsp3) is 0.389. The van der Waals surface area contributed by atoms with Crippen LogP contribution in [-0.4, -0.2) is 30.1 Å². The minimum absolute atomic E-state index is 0.193. The van der Waals surface area contributed by atoms with Crippen molar-refractivity contribution in [2.45, 2.75) is 33.1 Å². The molecule has 0 unspecified atom stereocenters. The van der Waals surface area contributed by atoms with Gasteiger partial charge in [-0.15, -0.1) is 11.3 Å². The maximum atomic E-state index is 12.2. The van der Waals surface area contributed by atoms with Crippen molar-refractivity contribution in [3.05, 3.63) is 40.9 Å². The number of nitrogens with zero attached hydrogens (tertiary/aromatic N) is 1. The Kier molecular flexibility index (Phi) is 7.40. The Morgan fingerprint density at radius 1 is 1.16 bits per heavy atom. The number of ether oxygens (including phenoxy) is 2. The first-order valence-electron chi connectivity index (χ1n) is 8.31. The Hall–Kier alpha value is -2.41. The van der Waals surface area contributed by atoms with Gasteiger partial charge in [0.25, 0.3) is 5.91 Å². The first-order valence-corrected chi connectivity index (χ1v) is 9.18. The summed E-state index contributed by atoms with van der Waals surface area (Å²) in [5, 5.41) is 4.59. The zero-order chi connectivity index (χ0) is 18.1. The monoisotopic (exact) mass is 362 g/mol. The Bertz CT molecular complexity index is 697. The summed E-state index contributed by atoms with van der Waals surface area (Å²) in [5.74, 6) is -0.0439. The summed E-state index contributed by atoms with van der Waals surface area (Å²) in [6.07, 6.45) is 3.31. The molecule has 2 aromatic rings. The first-order chi connectivity index (χ1) is 12.1. The van der Waals surface area contributed by atoms with Crippen molar-refractivity contribution in [1.82, 2.24) is 4.98 Å². The van der Waals surface area contributed by atoms with Crippen molar-refractivity contribution < 1.29 is 19.1 Å². The van der Waals surface area contributed by atoms with Crippen LogP contribution < -0.4 is 10.1 Å². The van der Waals surface area contributed by atoms with Gasteiger partial charge in [0.15, 0.2) is 10.8 Å². The molecule has 1 aromatic heterocycles. The third-order valence-corrected chi connectivity index (χ3v) is 4.10. The highest BCUT2D eigenvalue weighted by Crippen LogP contribution is 2.18. The zero-order valence-corrected chi connectivity index (χ0v) is 15.2. The average molecular weight is 362 g/mol.